The molecule has 0 bridgehead atoms. The van der Waals surface area contributed by atoms with E-state index in [-0.39, 0.29) is 5.91 Å². The van der Waals surface area contributed by atoms with Crippen molar-refractivity contribution in [3.63, 3.8) is 0 Å². The van der Waals surface area contributed by atoms with Crippen molar-refractivity contribution in [2.24, 2.45) is 0 Å². The smallest absolute Gasteiger partial charge is 0.255 e. The summed E-state index contributed by atoms with van der Waals surface area (Å²) in [5, 5.41) is 0.523. The van der Waals surface area contributed by atoms with E-state index in [0.717, 1.165) is 5.56 Å². The maximum absolute atomic E-state index is 11.7. The summed E-state index contributed by atoms with van der Waals surface area (Å²) >= 11 is 5.98. The quantitative estimate of drug-likeness (QED) is 0.737. The van der Waals surface area contributed by atoms with Gasteiger partial charge in [-0.05, 0) is 31.5 Å². The molecule has 0 saturated heterocycles. The number of amides is 1. The third-order valence-corrected chi connectivity index (χ3v) is 2.49. The Balaban J connectivity index is 3.02. The van der Waals surface area contributed by atoms with Crippen LogP contribution in [0.4, 0.5) is 0 Å². The molecule has 0 saturated carbocycles. The minimum atomic E-state index is -0.0301. The lowest BCUT2D eigenvalue weighted by Gasteiger charge is -2.15. The average molecular weight is 212 g/mol. The third-order valence-electron chi connectivity index (χ3n) is 2.18. The Morgan fingerprint density at radius 3 is 2.64 bits per heavy atom. The first-order valence-corrected chi connectivity index (χ1v) is 4.95. The van der Waals surface area contributed by atoms with Gasteiger partial charge in [0.15, 0.2) is 0 Å². The summed E-state index contributed by atoms with van der Waals surface area (Å²) in [7, 11) is 1.76. The molecule has 0 unspecified atom stereocenters. The Hall–Kier alpha value is -1.02. The molecule has 2 nitrogen and oxygen atoms in total. The van der Waals surface area contributed by atoms with E-state index in [1.165, 1.54) is 0 Å². The summed E-state index contributed by atoms with van der Waals surface area (Å²) in [6.45, 7) is 4.56. The van der Waals surface area contributed by atoms with Crippen molar-refractivity contribution < 1.29 is 4.79 Å². The molecule has 0 N–H and O–H groups in total. The minimum Gasteiger partial charge on any atom is -0.342 e. The Labute approximate surface area is 89.5 Å². The molecule has 0 radical (unpaired) electrons. The maximum Gasteiger partial charge on any atom is 0.255 e. The molecular weight excluding hydrogens is 198 g/mol. The fourth-order valence-electron chi connectivity index (χ4n) is 1.14. The number of carbonyl (C=O) groups excluding carboxylic acids is 1. The highest BCUT2D eigenvalue weighted by molar-refractivity contribution is 6.33. The number of halogens is 1. The van der Waals surface area contributed by atoms with Crippen LogP contribution in [0, 0.1) is 6.92 Å². The number of hydrogen-bond acceptors (Lipinski definition) is 1. The van der Waals surface area contributed by atoms with Gasteiger partial charge in [0.1, 0.15) is 0 Å². The predicted octanol–water partition coefficient (Wildman–Crippen LogP) is 2.74. The zero-order valence-electron chi connectivity index (χ0n) is 8.67. The molecule has 0 atom stereocenters. The van der Waals surface area contributed by atoms with Gasteiger partial charge >= 0.3 is 0 Å². The maximum atomic E-state index is 11.7. The summed E-state index contributed by atoms with van der Waals surface area (Å²) in [6, 6.07) is 5.47. The SMILES string of the molecule is CCN(C)C(=O)c1ccc(C)cc1Cl. The van der Waals surface area contributed by atoms with Gasteiger partial charge in [0.25, 0.3) is 5.91 Å². The molecule has 0 aromatic heterocycles. The highest BCUT2D eigenvalue weighted by Crippen LogP contribution is 2.18. The van der Waals surface area contributed by atoms with Gasteiger partial charge in [-0.15, -0.1) is 0 Å². The topological polar surface area (TPSA) is 20.3 Å². The van der Waals surface area contributed by atoms with Crippen LogP contribution in [0.3, 0.4) is 0 Å². The molecule has 1 rings (SSSR count). The second kappa shape index (κ2) is 4.47. The molecule has 76 valence electrons. The lowest BCUT2D eigenvalue weighted by molar-refractivity contribution is 0.0802. The molecule has 14 heavy (non-hydrogen) atoms. The van der Waals surface area contributed by atoms with E-state index in [1.54, 1.807) is 24.1 Å². The number of carbonyl (C=O) groups is 1. The zero-order chi connectivity index (χ0) is 10.7. The molecule has 0 spiro atoms. The van der Waals surface area contributed by atoms with Crippen molar-refractivity contribution in [3.8, 4) is 0 Å². The summed E-state index contributed by atoms with van der Waals surface area (Å²) in [5.74, 6) is -0.0301. The molecule has 0 aliphatic heterocycles. The lowest BCUT2D eigenvalue weighted by atomic mass is 10.1. The summed E-state index contributed by atoms with van der Waals surface area (Å²) < 4.78 is 0. The number of benzene rings is 1. The monoisotopic (exact) mass is 211 g/mol. The molecule has 1 aromatic carbocycles. The van der Waals surface area contributed by atoms with E-state index in [1.807, 2.05) is 19.9 Å². The van der Waals surface area contributed by atoms with Gasteiger partial charge in [-0.1, -0.05) is 17.7 Å². The normalized spacial score (nSPS) is 10.0. The van der Waals surface area contributed by atoms with Gasteiger partial charge in [-0.3, -0.25) is 4.79 Å². The number of hydrogen-bond donors (Lipinski definition) is 0. The molecule has 0 heterocycles. The molecule has 1 aromatic rings. The highest BCUT2D eigenvalue weighted by atomic mass is 35.5. The van der Waals surface area contributed by atoms with Crippen molar-refractivity contribution in [1.29, 1.82) is 0 Å². The second-order valence-electron chi connectivity index (χ2n) is 3.30. The third kappa shape index (κ3) is 2.26. The zero-order valence-corrected chi connectivity index (χ0v) is 9.43. The molecule has 0 aliphatic rings. The van der Waals surface area contributed by atoms with Crippen LogP contribution in [0.1, 0.15) is 22.8 Å². The van der Waals surface area contributed by atoms with Crippen LogP contribution >= 0.6 is 11.6 Å². The Morgan fingerprint density at radius 1 is 1.50 bits per heavy atom. The average Bonchev–Trinajstić information content (AvgIpc) is 2.15. The van der Waals surface area contributed by atoms with Crippen molar-refractivity contribution in [3.05, 3.63) is 34.3 Å². The standard InChI is InChI=1S/C11H14ClNO/c1-4-13(3)11(14)9-6-5-8(2)7-10(9)12/h5-7H,4H2,1-3H3. The number of rotatable bonds is 2. The van der Waals surface area contributed by atoms with Crippen LogP contribution in [0.15, 0.2) is 18.2 Å². The van der Waals surface area contributed by atoms with E-state index in [2.05, 4.69) is 0 Å². The highest BCUT2D eigenvalue weighted by Gasteiger charge is 2.13. The van der Waals surface area contributed by atoms with Gasteiger partial charge in [-0.2, -0.15) is 0 Å². The van der Waals surface area contributed by atoms with E-state index < -0.39 is 0 Å². The van der Waals surface area contributed by atoms with Crippen LogP contribution in [-0.4, -0.2) is 24.4 Å². The van der Waals surface area contributed by atoms with E-state index in [4.69, 9.17) is 11.6 Å². The fraction of sp³-hybridized carbons (Fsp3) is 0.364. The summed E-state index contributed by atoms with van der Waals surface area (Å²) in [5.41, 5.74) is 1.63. The van der Waals surface area contributed by atoms with Crippen molar-refractivity contribution >= 4 is 17.5 Å². The van der Waals surface area contributed by atoms with Crippen LogP contribution in [0.25, 0.3) is 0 Å². The fourth-order valence-corrected chi connectivity index (χ4v) is 1.46. The van der Waals surface area contributed by atoms with Crippen molar-refractivity contribution in [2.75, 3.05) is 13.6 Å². The van der Waals surface area contributed by atoms with E-state index in [0.29, 0.717) is 17.1 Å². The molecule has 0 fully saturated rings. The first-order valence-electron chi connectivity index (χ1n) is 4.58. The van der Waals surface area contributed by atoms with Crippen LogP contribution in [0.5, 0.6) is 0 Å². The Morgan fingerprint density at radius 2 is 2.14 bits per heavy atom. The van der Waals surface area contributed by atoms with Crippen molar-refractivity contribution in [2.45, 2.75) is 13.8 Å². The molecule has 0 aliphatic carbocycles. The first-order chi connectivity index (χ1) is 6.56. The molecule has 1 amide bonds. The summed E-state index contributed by atoms with van der Waals surface area (Å²) in [4.78, 5) is 13.4. The van der Waals surface area contributed by atoms with Crippen LogP contribution < -0.4 is 0 Å². The Bertz CT molecular complexity index is 349. The van der Waals surface area contributed by atoms with Gasteiger partial charge in [0.2, 0.25) is 0 Å². The Kier molecular flexibility index (Phi) is 3.53. The molecular formula is C11H14ClNO. The summed E-state index contributed by atoms with van der Waals surface area (Å²) in [6.07, 6.45) is 0. The van der Waals surface area contributed by atoms with Gasteiger partial charge < -0.3 is 4.90 Å². The van der Waals surface area contributed by atoms with Gasteiger partial charge in [-0.25, -0.2) is 0 Å². The predicted molar refractivity (Wildman–Crippen MR) is 58.8 cm³/mol. The van der Waals surface area contributed by atoms with Gasteiger partial charge in [0.05, 0.1) is 10.6 Å². The largest absolute Gasteiger partial charge is 0.342 e. The lowest BCUT2D eigenvalue weighted by Crippen LogP contribution is -2.26. The molecule has 3 heteroatoms. The van der Waals surface area contributed by atoms with E-state index >= 15 is 0 Å². The second-order valence-corrected chi connectivity index (χ2v) is 3.71. The first kappa shape index (κ1) is 11.1. The number of aryl methyl sites for hydroxylation is 1. The van der Waals surface area contributed by atoms with E-state index in [9.17, 15) is 4.79 Å². The minimum absolute atomic E-state index is 0.0301. The van der Waals surface area contributed by atoms with Crippen LogP contribution in [-0.2, 0) is 0 Å². The van der Waals surface area contributed by atoms with Crippen molar-refractivity contribution in [1.82, 2.24) is 4.90 Å². The number of nitrogens with zero attached hydrogens (tertiary/aromatic N) is 1. The van der Waals surface area contributed by atoms with Crippen LogP contribution in [0.2, 0.25) is 5.02 Å². The van der Waals surface area contributed by atoms with Gasteiger partial charge in [0, 0.05) is 13.6 Å².